The third-order valence-electron chi connectivity index (χ3n) is 3.03. The first kappa shape index (κ1) is 15.7. The van der Waals surface area contributed by atoms with Gasteiger partial charge in [0, 0.05) is 20.4 Å². The second kappa shape index (κ2) is 7.33. The third kappa shape index (κ3) is 3.89. The van der Waals surface area contributed by atoms with Crippen molar-refractivity contribution in [2.24, 2.45) is 7.05 Å². The molecule has 2 aromatic rings. The van der Waals surface area contributed by atoms with Crippen LogP contribution in [0.1, 0.15) is 28.1 Å². The van der Waals surface area contributed by atoms with Crippen molar-refractivity contribution in [3.8, 4) is 0 Å². The van der Waals surface area contributed by atoms with E-state index < -0.39 is 0 Å². The van der Waals surface area contributed by atoms with Crippen molar-refractivity contribution in [2.45, 2.75) is 11.8 Å². The van der Waals surface area contributed by atoms with Gasteiger partial charge in [-0.05, 0) is 24.5 Å². The van der Waals surface area contributed by atoms with Gasteiger partial charge < -0.3 is 14.5 Å². The van der Waals surface area contributed by atoms with E-state index in [4.69, 9.17) is 9.15 Å². The second-order valence-corrected chi connectivity index (χ2v) is 5.43. The molecule has 0 radical (unpaired) electrons. The van der Waals surface area contributed by atoms with Gasteiger partial charge in [-0.15, -0.1) is 0 Å². The maximum atomic E-state index is 12.3. The third-order valence-corrected chi connectivity index (χ3v) is 3.60. The Bertz CT molecular complexity index is 594. The Kier molecular flexibility index (Phi) is 5.46. The smallest absolute Gasteiger partial charge is 0.287 e. The first-order chi connectivity index (χ1) is 10.2. The molecule has 0 saturated carbocycles. The summed E-state index contributed by atoms with van der Waals surface area (Å²) in [5.41, 5.74) is 0.876. The zero-order valence-electron chi connectivity index (χ0n) is 12.3. The van der Waals surface area contributed by atoms with E-state index in [2.05, 4.69) is 10.4 Å². The maximum Gasteiger partial charge on any atom is 0.287 e. The molecule has 0 bridgehead atoms. The molecule has 1 N–H and O–H groups in total. The number of ether oxygens (including phenoxy) is 1. The number of methoxy groups -OCH3 is 1. The van der Waals surface area contributed by atoms with E-state index in [-0.39, 0.29) is 11.9 Å². The van der Waals surface area contributed by atoms with Crippen molar-refractivity contribution in [1.29, 1.82) is 0 Å². The Labute approximate surface area is 127 Å². The Morgan fingerprint density at radius 1 is 1.52 bits per heavy atom. The van der Waals surface area contributed by atoms with Crippen LogP contribution in [-0.2, 0) is 17.5 Å². The maximum absolute atomic E-state index is 12.3. The molecule has 2 rings (SSSR count). The highest BCUT2D eigenvalue weighted by molar-refractivity contribution is 7.97. The van der Waals surface area contributed by atoms with Gasteiger partial charge in [0.25, 0.3) is 5.91 Å². The first-order valence-corrected chi connectivity index (χ1v) is 7.90. The number of nitrogens with zero attached hydrogens (tertiary/aromatic N) is 2. The average Bonchev–Trinajstić information content (AvgIpc) is 3.08. The van der Waals surface area contributed by atoms with Crippen LogP contribution in [0.4, 0.5) is 0 Å². The van der Waals surface area contributed by atoms with E-state index in [0.717, 1.165) is 17.2 Å². The molecule has 0 unspecified atom stereocenters. The summed E-state index contributed by atoms with van der Waals surface area (Å²) in [6, 6.07) is 5.09. The molecule has 0 spiro atoms. The van der Waals surface area contributed by atoms with Crippen LogP contribution in [-0.4, -0.2) is 35.7 Å². The van der Waals surface area contributed by atoms with Crippen LogP contribution in [0, 0.1) is 0 Å². The predicted molar refractivity (Wildman–Crippen MR) is 81.2 cm³/mol. The molecule has 114 valence electrons. The lowest BCUT2D eigenvalue weighted by Gasteiger charge is -2.17. The number of hydrogen-bond acceptors (Lipinski definition) is 5. The second-order valence-electron chi connectivity index (χ2n) is 4.56. The van der Waals surface area contributed by atoms with Gasteiger partial charge in [-0.3, -0.25) is 9.48 Å². The zero-order valence-corrected chi connectivity index (χ0v) is 13.1. The zero-order chi connectivity index (χ0) is 15.2. The molecule has 0 saturated heterocycles. The number of nitrogens with one attached hydrogen (secondary N) is 1. The quantitative estimate of drug-likeness (QED) is 0.847. The number of furan rings is 1. The number of carbonyl (C=O) groups is 1. The van der Waals surface area contributed by atoms with Crippen molar-refractivity contribution in [3.05, 3.63) is 41.6 Å². The summed E-state index contributed by atoms with van der Waals surface area (Å²) in [6.07, 6.45) is 3.67. The fourth-order valence-corrected chi connectivity index (χ4v) is 2.48. The minimum atomic E-state index is -0.274. The normalized spacial score (nSPS) is 12.3. The molecule has 1 amide bonds. The molecule has 2 heterocycles. The van der Waals surface area contributed by atoms with Gasteiger partial charge in [-0.2, -0.15) is 16.9 Å². The van der Waals surface area contributed by atoms with E-state index in [1.54, 1.807) is 35.8 Å². The molecule has 1 atom stereocenters. The van der Waals surface area contributed by atoms with E-state index in [1.807, 2.05) is 25.4 Å². The van der Waals surface area contributed by atoms with Crippen LogP contribution in [0.2, 0.25) is 0 Å². The number of thioether (sulfide) groups is 1. The Morgan fingerprint density at radius 2 is 2.33 bits per heavy atom. The monoisotopic (exact) mass is 309 g/mol. The van der Waals surface area contributed by atoms with Crippen molar-refractivity contribution < 1.29 is 13.9 Å². The lowest BCUT2D eigenvalue weighted by Crippen LogP contribution is -2.32. The van der Waals surface area contributed by atoms with Crippen LogP contribution >= 0.6 is 11.8 Å². The minimum absolute atomic E-state index is 0.259. The number of aryl methyl sites for hydroxylation is 1. The Balaban J connectivity index is 2.09. The molecule has 6 nitrogen and oxygen atoms in total. The predicted octanol–water partition coefficient (Wildman–Crippen LogP) is 1.99. The van der Waals surface area contributed by atoms with Crippen LogP contribution in [0.15, 0.2) is 28.8 Å². The van der Waals surface area contributed by atoms with Crippen molar-refractivity contribution >= 4 is 17.7 Å². The summed E-state index contributed by atoms with van der Waals surface area (Å²) in [5.74, 6) is 1.58. The van der Waals surface area contributed by atoms with Gasteiger partial charge in [0.1, 0.15) is 5.76 Å². The van der Waals surface area contributed by atoms with E-state index in [9.17, 15) is 4.79 Å². The number of aromatic nitrogens is 2. The number of carbonyl (C=O) groups excluding carboxylic acids is 1. The van der Waals surface area contributed by atoms with Crippen molar-refractivity contribution in [2.75, 3.05) is 20.0 Å². The molecular weight excluding hydrogens is 290 g/mol. The number of amides is 1. The van der Waals surface area contributed by atoms with Gasteiger partial charge in [-0.1, -0.05) is 0 Å². The Hall–Kier alpha value is -1.73. The molecule has 0 fully saturated rings. The highest BCUT2D eigenvalue weighted by atomic mass is 32.2. The number of hydrogen-bond donors (Lipinski definition) is 1. The van der Waals surface area contributed by atoms with Crippen LogP contribution in [0.3, 0.4) is 0 Å². The Morgan fingerprint density at radius 3 is 2.95 bits per heavy atom. The highest BCUT2D eigenvalue weighted by Gasteiger charge is 2.20. The first-order valence-electron chi connectivity index (χ1n) is 6.51. The summed E-state index contributed by atoms with van der Waals surface area (Å²) >= 11 is 1.64. The average molecular weight is 309 g/mol. The minimum Gasteiger partial charge on any atom is -0.455 e. The molecule has 21 heavy (non-hydrogen) atoms. The van der Waals surface area contributed by atoms with Gasteiger partial charge in [0.15, 0.2) is 5.76 Å². The van der Waals surface area contributed by atoms with Gasteiger partial charge in [0.2, 0.25) is 0 Å². The van der Waals surface area contributed by atoms with Crippen molar-refractivity contribution in [1.82, 2.24) is 15.1 Å². The van der Waals surface area contributed by atoms with E-state index in [1.165, 1.54) is 0 Å². The summed E-state index contributed by atoms with van der Waals surface area (Å²) in [5, 5.41) is 7.02. The summed E-state index contributed by atoms with van der Waals surface area (Å²) in [7, 11) is 3.42. The molecule has 7 heteroatoms. The number of rotatable bonds is 7. The van der Waals surface area contributed by atoms with Gasteiger partial charge in [-0.25, -0.2) is 0 Å². The summed E-state index contributed by atoms with van der Waals surface area (Å²) in [6.45, 7) is 0.365. The molecular formula is C14H19N3O3S. The summed E-state index contributed by atoms with van der Waals surface area (Å²) < 4.78 is 12.4. The SMILES string of the molecule is COC[C@@H](NC(=O)c1ccc(CSC)o1)c1ccnn1C. The molecule has 2 aromatic heterocycles. The highest BCUT2D eigenvalue weighted by Crippen LogP contribution is 2.16. The van der Waals surface area contributed by atoms with Crippen LogP contribution in [0.25, 0.3) is 0 Å². The van der Waals surface area contributed by atoms with E-state index >= 15 is 0 Å². The fourth-order valence-electron chi connectivity index (χ4n) is 2.04. The fraction of sp³-hybridized carbons (Fsp3) is 0.429. The standard InChI is InChI=1S/C14H19N3O3S/c1-17-12(6-7-15-17)11(8-19-2)16-14(18)13-5-4-10(20-13)9-21-3/h4-7,11H,8-9H2,1-3H3,(H,16,18)/t11-/m1/s1. The molecule has 0 aliphatic rings. The molecule has 0 aliphatic heterocycles. The molecule has 0 aromatic carbocycles. The van der Waals surface area contributed by atoms with Crippen molar-refractivity contribution in [3.63, 3.8) is 0 Å². The molecule has 0 aliphatic carbocycles. The lowest BCUT2D eigenvalue weighted by molar-refractivity contribution is 0.0863. The summed E-state index contributed by atoms with van der Waals surface area (Å²) in [4.78, 5) is 12.3. The van der Waals surface area contributed by atoms with E-state index in [0.29, 0.717) is 12.4 Å². The lowest BCUT2D eigenvalue weighted by atomic mass is 10.2. The van der Waals surface area contributed by atoms with Crippen LogP contribution < -0.4 is 5.32 Å². The van der Waals surface area contributed by atoms with Gasteiger partial charge in [0.05, 0.1) is 24.1 Å². The van der Waals surface area contributed by atoms with Gasteiger partial charge >= 0.3 is 0 Å². The van der Waals surface area contributed by atoms with Crippen LogP contribution in [0.5, 0.6) is 0 Å². The largest absolute Gasteiger partial charge is 0.455 e. The topological polar surface area (TPSA) is 69.3 Å².